The van der Waals surface area contributed by atoms with E-state index >= 15 is 0 Å². The number of anilines is 1. The number of nitrogens with zero attached hydrogens (tertiary/aromatic N) is 4. The van der Waals surface area contributed by atoms with Crippen molar-refractivity contribution in [2.45, 2.75) is 65.6 Å². The molecule has 6 nitrogen and oxygen atoms in total. The Bertz CT molecular complexity index is 1190. The highest BCUT2D eigenvalue weighted by Crippen LogP contribution is 2.28. The highest BCUT2D eigenvalue weighted by atomic mass is 19.3. The van der Waals surface area contributed by atoms with Crippen molar-refractivity contribution in [1.82, 2.24) is 19.4 Å². The van der Waals surface area contributed by atoms with E-state index in [0.717, 1.165) is 16.5 Å². The number of hydrogen-bond acceptors (Lipinski definition) is 5. The summed E-state index contributed by atoms with van der Waals surface area (Å²) in [6.45, 7) is 10.4. The van der Waals surface area contributed by atoms with Gasteiger partial charge in [-0.3, -0.25) is 14.3 Å². The van der Waals surface area contributed by atoms with E-state index in [1.54, 1.807) is 22.9 Å². The molecule has 0 aliphatic carbocycles. The molecule has 3 heterocycles. The molecule has 0 radical (unpaired) electrons. The van der Waals surface area contributed by atoms with E-state index in [0.29, 0.717) is 37.8 Å². The minimum atomic E-state index is -2.52. The molecular formula is C26H33F2N5O. The number of aromatic nitrogens is 3. The van der Waals surface area contributed by atoms with Crippen molar-refractivity contribution in [2.24, 2.45) is 5.41 Å². The summed E-state index contributed by atoms with van der Waals surface area (Å²) in [7, 11) is 0. The third-order valence-corrected chi connectivity index (χ3v) is 6.17. The summed E-state index contributed by atoms with van der Waals surface area (Å²) in [6, 6.07) is 11.4. The molecule has 4 rings (SSSR count). The molecule has 8 heteroatoms. The SMILES string of the molecule is C[C@H](Nc1ncc2ccc(=O)n(CC(C)(C)C)c2n1)c1ccc(CN2CCC(F)(F)CC2)cc1. The Morgan fingerprint density at radius 2 is 1.76 bits per heavy atom. The van der Waals surface area contributed by atoms with E-state index in [1.807, 2.05) is 31.2 Å². The summed E-state index contributed by atoms with van der Waals surface area (Å²) in [4.78, 5) is 23.7. The molecule has 2 aromatic heterocycles. The number of fused-ring (bicyclic) bond motifs is 1. The molecule has 3 aromatic rings. The highest BCUT2D eigenvalue weighted by Gasteiger charge is 2.33. The molecule has 34 heavy (non-hydrogen) atoms. The Morgan fingerprint density at radius 3 is 2.41 bits per heavy atom. The Hall–Kier alpha value is -2.87. The third kappa shape index (κ3) is 5.97. The molecule has 0 unspecified atom stereocenters. The Labute approximate surface area is 199 Å². The van der Waals surface area contributed by atoms with Crippen LogP contribution in [0.15, 0.2) is 47.4 Å². The van der Waals surface area contributed by atoms with Crippen LogP contribution >= 0.6 is 0 Å². The number of likely N-dealkylation sites (tertiary alicyclic amines) is 1. The Balaban J connectivity index is 1.46. The van der Waals surface area contributed by atoms with Crippen molar-refractivity contribution < 1.29 is 8.78 Å². The lowest BCUT2D eigenvalue weighted by Crippen LogP contribution is -2.38. The van der Waals surface area contributed by atoms with Crippen LogP contribution in [0.25, 0.3) is 11.0 Å². The van der Waals surface area contributed by atoms with E-state index < -0.39 is 5.92 Å². The molecule has 1 saturated heterocycles. The third-order valence-electron chi connectivity index (χ3n) is 6.17. The van der Waals surface area contributed by atoms with E-state index in [-0.39, 0.29) is 29.9 Å². The Kier molecular flexibility index (Phi) is 6.71. The number of rotatable bonds is 6. The number of hydrogen-bond donors (Lipinski definition) is 1. The van der Waals surface area contributed by atoms with Gasteiger partial charge < -0.3 is 5.32 Å². The van der Waals surface area contributed by atoms with Crippen LogP contribution < -0.4 is 10.9 Å². The summed E-state index contributed by atoms with van der Waals surface area (Å²) in [5.41, 5.74) is 2.65. The van der Waals surface area contributed by atoms with Crippen molar-refractivity contribution in [3.05, 3.63) is 64.1 Å². The van der Waals surface area contributed by atoms with Crippen LogP contribution in [-0.4, -0.2) is 38.4 Å². The van der Waals surface area contributed by atoms with Gasteiger partial charge in [0, 0.05) is 56.7 Å². The zero-order chi connectivity index (χ0) is 24.5. The predicted octanol–water partition coefficient (Wildman–Crippen LogP) is 5.24. The average molecular weight is 470 g/mol. The first-order valence-electron chi connectivity index (χ1n) is 11.8. The quantitative estimate of drug-likeness (QED) is 0.535. The van der Waals surface area contributed by atoms with Crippen LogP contribution in [0.3, 0.4) is 0 Å². The number of alkyl halides is 2. The first-order valence-corrected chi connectivity index (χ1v) is 11.8. The van der Waals surface area contributed by atoms with Gasteiger partial charge in [-0.1, -0.05) is 45.0 Å². The number of halogens is 2. The summed E-state index contributed by atoms with van der Waals surface area (Å²) >= 11 is 0. The summed E-state index contributed by atoms with van der Waals surface area (Å²) in [5.74, 6) is -2.06. The van der Waals surface area contributed by atoms with E-state index in [1.165, 1.54) is 0 Å². The lowest BCUT2D eigenvalue weighted by Gasteiger charge is -2.31. The monoisotopic (exact) mass is 469 g/mol. The van der Waals surface area contributed by atoms with Crippen molar-refractivity contribution in [1.29, 1.82) is 0 Å². The van der Waals surface area contributed by atoms with Crippen LogP contribution in [0.5, 0.6) is 0 Å². The lowest BCUT2D eigenvalue weighted by molar-refractivity contribution is -0.0566. The van der Waals surface area contributed by atoms with Gasteiger partial charge in [-0.25, -0.2) is 13.8 Å². The second-order valence-electron chi connectivity index (χ2n) is 10.5. The van der Waals surface area contributed by atoms with Gasteiger partial charge in [-0.05, 0) is 29.5 Å². The Morgan fingerprint density at radius 1 is 1.09 bits per heavy atom. The molecule has 1 aromatic carbocycles. The molecule has 1 N–H and O–H groups in total. The molecule has 1 aliphatic rings. The lowest BCUT2D eigenvalue weighted by atomic mass is 9.97. The fourth-order valence-corrected chi connectivity index (χ4v) is 4.25. The fourth-order valence-electron chi connectivity index (χ4n) is 4.25. The number of benzene rings is 1. The van der Waals surface area contributed by atoms with Crippen molar-refractivity contribution >= 4 is 17.0 Å². The van der Waals surface area contributed by atoms with Crippen molar-refractivity contribution in [3.8, 4) is 0 Å². The first-order chi connectivity index (χ1) is 16.0. The molecule has 1 atom stereocenters. The molecule has 0 amide bonds. The number of piperidine rings is 1. The zero-order valence-corrected chi connectivity index (χ0v) is 20.3. The van der Waals surface area contributed by atoms with E-state index in [4.69, 9.17) is 0 Å². The molecule has 1 aliphatic heterocycles. The van der Waals surface area contributed by atoms with Gasteiger partial charge in [0.1, 0.15) is 5.65 Å². The van der Waals surface area contributed by atoms with Crippen LogP contribution in [0, 0.1) is 5.41 Å². The van der Waals surface area contributed by atoms with Crippen LogP contribution in [0.4, 0.5) is 14.7 Å². The fraction of sp³-hybridized carbons (Fsp3) is 0.500. The molecule has 0 saturated carbocycles. The topological polar surface area (TPSA) is 63.1 Å². The molecule has 1 fully saturated rings. The molecule has 0 bridgehead atoms. The normalized spacial score (nSPS) is 17.6. The van der Waals surface area contributed by atoms with Gasteiger partial charge in [0.15, 0.2) is 0 Å². The van der Waals surface area contributed by atoms with Crippen molar-refractivity contribution in [3.63, 3.8) is 0 Å². The standard InChI is InChI=1S/C26H33F2N5O/c1-18(20-7-5-19(6-8-20)16-32-13-11-26(27,28)12-14-32)30-24-29-15-21-9-10-22(34)33(23(21)31-24)17-25(2,3)4/h5-10,15,18H,11-14,16-17H2,1-4H3,(H,29,30,31)/t18-/m0/s1. The summed E-state index contributed by atoms with van der Waals surface area (Å²) < 4.78 is 28.5. The zero-order valence-electron chi connectivity index (χ0n) is 20.3. The van der Waals surface area contributed by atoms with Crippen LogP contribution in [0.1, 0.15) is 57.7 Å². The summed E-state index contributed by atoms with van der Waals surface area (Å²) in [6.07, 6.45) is 1.60. The summed E-state index contributed by atoms with van der Waals surface area (Å²) in [5, 5.41) is 4.16. The van der Waals surface area contributed by atoms with Gasteiger partial charge in [-0.2, -0.15) is 4.98 Å². The first kappa shape index (κ1) is 24.3. The van der Waals surface area contributed by atoms with Crippen molar-refractivity contribution in [2.75, 3.05) is 18.4 Å². The predicted molar refractivity (Wildman–Crippen MR) is 131 cm³/mol. The maximum atomic E-state index is 13.4. The van der Waals surface area contributed by atoms with Crippen LogP contribution in [-0.2, 0) is 13.1 Å². The minimum Gasteiger partial charge on any atom is -0.348 e. The molecule has 0 spiro atoms. The maximum absolute atomic E-state index is 13.4. The second kappa shape index (κ2) is 9.41. The number of nitrogens with one attached hydrogen (secondary N) is 1. The van der Waals surface area contributed by atoms with E-state index in [2.05, 4.69) is 41.0 Å². The molecular weight excluding hydrogens is 436 g/mol. The van der Waals surface area contributed by atoms with Gasteiger partial charge >= 0.3 is 0 Å². The minimum absolute atomic E-state index is 0.0494. The van der Waals surface area contributed by atoms with Gasteiger partial charge in [0.05, 0.1) is 6.04 Å². The van der Waals surface area contributed by atoms with Gasteiger partial charge in [-0.15, -0.1) is 0 Å². The van der Waals surface area contributed by atoms with Crippen LogP contribution in [0.2, 0.25) is 0 Å². The van der Waals surface area contributed by atoms with E-state index in [9.17, 15) is 13.6 Å². The number of pyridine rings is 1. The largest absolute Gasteiger partial charge is 0.348 e. The highest BCUT2D eigenvalue weighted by molar-refractivity contribution is 5.75. The van der Waals surface area contributed by atoms with Gasteiger partial charge in [0.2, 0.25) is 5.95 Å². The smallest absolute Gasteiger partial charge is 0.252 e. The molecule has 182 valence electrons. The maximum Gasteiger partial charge on any atom is 0.252 e. The second-order valence-corrected chi connectivity index (χ2v) is 10.5. The average Bonchev–Trinajstić information content (AvgIpc) is 2.77. The van der Waals surface area contributed by atoms with Gasteiger partial charge in [0.25, 0.3) is 11.5 Å².